The van der Waals surface area contributed by atoms with Crippen LogP contribution in [0, 0.1) is 0 Å². The van der Waals surface area contributed by atoms with Gasteiger partial charge in [-0.2, -0.15) is 0 Å². The first-order valence-electron chi connectivity index (χ1n) is 5.33. The maximum atomic E-state index is 5.52. The Bertz CT molecular complexity index is 136. The lowest BCUT2D eigenvalue weighted by atomic mass is 10.2. The van der Waals surface area contributed by atoms with E-state index in [9.17, 15) is 0 Å². The van der Waals surface area contributed by atoms with Crippen molar-refractivity contribution in [3.05, 3.63) is 0 Å². The van der Waals surface area contributed by atoms with Gasteiger partial charge < -0.3 is 10.6 Å². The van der Waals surface area contributed by atoms with Crippen LogP contribution in [0.25, 0.3) is 0 Å². The van der Waals surface area contributed by atoms with Crippen LogP contribution in [0.4, 0.5) is 0 Å². The van der Waals surface area contributed by atoms with Gasteiger partial charge in [0.2, 0.25) is 0 Å². The third kappa shape index (κ3) is 3.63. The van der Waals surface area contributed by atoms with E-state index in [-0.39, 0.29) is 0 Å². The molecule has 0 spiro atoms. The first-order chi connectivity index (χ1) is 6.24. The summed E-state index contributed by atoms with van der Waals surface area (Å²) in [5.41, 5.74) is 5.52. The summed E-state index contributed by atoms with van der Waals surface area (Å²) < 4.78 is 0. The Balaban J connectivity index is 2.26. The van der Waals surface area contributed by atoms with E-state index in [2.05, 4.69) is 23.9 Å². The van der Waals surface area contributed by atoms with Gasteiger partial charge in [0, 0.05) is 12.6 Å². The summed E-state index contributed by atoms with van der Waals surface area (Å²) in [5, 5.41) is 0. The zero-order valence-electron chi connectivity index (χ0n) is 9.00. The van der Waals surface area contributed by atoms with E-state index < -0.39 is 0 Å². The molecule has 0 aromatic rings. The third-order valence-corrected chi connectivity index (χ3v) is 2.72. The van der Waals surface area contributed by atoms with E-state index in [1.807, 2.05) is 0 Å². The van der Waals surface area contributed by atoms with Crippen LogP contribution in [0.2, 0.25) is 0 Å². The molecule has 0 bridgehead atoms. The highest BCUT2D eigenvalue weighted by atomic mass is 15.2. The van der Waals surface area contributed by atoms with Crippen LogP contribution in [0.5, 0.6) is 0 Å². The van der Waals surface area contributed by atoms with E-state index in [0.717, 1.165) is 19.0 Å². The van der Waals surface area contributed by atoms with E-state index in [1.54, 1.807) is 0 Å². The van der Waals surface area contributed by atoms with Crippen LogP contribution in [0.1, 0.15) is 19.3 Å². The lowest BCUT2D eigenvalue weighted by molar-refractivity contribution is 0.207. The Labute approximate surface area is 81.9 Å². The van der Waals surface area contributed by atoms with Crippen molar-refractivity contribution in [1.29, 1.82) is 0 Å². The van der Waals surface area contributed by atoms with Crippen molar-refractivity contribution in [2.24, 2.45) is 5.73 Å². The van der Waals surface area contributed by atoms with Gasteiger partial charge in [0.1, 0.15) is 0 Å². The molecule has 0 aliphatic carbocycles. The highest BCUT2D eigenvalue weighted by Gasteiger charge is 2.23. The monoisotopic (exact) mass is 185 g/mol. The van der Waals surface area contributed by atoms with Gasteiger partial charge >= 0.3 is 0 Å². The molecule has 0 saturated carbocycles. The normalized spacial score (nSPS) is 24.5. The molecule has 1 rings (SSSR count). The fourth-order valence-corrected chi connectivity index (χ4v) is 2.11. The molecule has 78 valence electrons. The minimum Gasteiger partial charge on any atom is -0.330 e. The minimum atomic E-state index is 0.779. The highest BCUT2D eigenvalue weighted by molar-refractivity contribution is 4.80. The van der Waals surface area contributed by atoms with E-state index in [4.69, 9.17) is 5.73 Å². The predicted octanol–water partition coefficient (Wildman–Crippen LogP) is 0.361. The van der Waals surface area contributed by atoms with Crippen molar-refractivity contribution in [2.75, 3.05) is 40.3 Å². The van der Waals surface area contributed by atoms with Gasteiger partial charge in [-0.1, -0.05) is 0 Å². The Morgan fingerprint density at radius 1 is 1.46 bits per heavy atom. The molecule has 1 unspecified atom stereocenters. The Kier molecular flexibility index (Phi) is 4.70. The topological polar surface area (TPSA) is 32.5 Å². The quantitative estimate of drug-likeness (QED) is 0.671. The average molecular weight is 185 g/mol. The molecule has 0 aromatic heterocycles. The molecular formula is C10H23N3. The largest absolute Gasteiger partial charge is 0.330 e. The first-order valence-corrected chi connectivity index (χ1v) is 5.33. The van der Waals surface area contributed by atoms with Crippen molar-refractivity contribution in [3.8, 4) is 0 Å². The molecule has 0 amide bonds. The summed E-state index contributed by atoms with van der Waals surface area (Å²) in [5.74, 6) is 0. The van der Waals surface area contributed by atoms with Crippen LogP contribution in [0.15, 0.2) is 0 Å². The molecule has 13 heavy (non-hydrogen) atoms. The van der Waals surface area contributed by atoms with Gasteiger partial charge in [0.15, 0.2) is 0 Å². The van der Waals surface area contributed by atoms with Crippen LogP contribution < -0.4 is 5.73 Å². The van der Waals surface area contributed by atoms with Crippen molar-refractivity contribution in [2.45, 2.75) is 25.3 Å². The number of hydrogen-bond acceptors (Lipinski definition) is 3. The maximum absolute atomic E-state index is 5.52. The lowest BCUT2D eigenvalue weighted by Crippen LogP contribution is -2.38. The molecule has 2 N–H and O–H groups in total. The molecular weight excluding hydrogens is 162 g/mol. The summed E-state index contributed by atoms with van der Waals surface area (Å²) >= 11 is 0. The lowest BCUT2D eigenvalue weighted by Gasteiger charge is -2.26. The highest BCUT2D eigenvalue weighted by Crippen LogP contribution is 2.17. The summed E-state index contributed by atoms with van der Waals surface area (Å²) in [6, 6.07) is 0.779. The molecule has 1 heterocycles. The fourth-order valence-electron chi connectivity index (χ4n) is 2.11. The number of likely N-dealkylation sites (tertiary alicyclic amines) is 1. The minimum absolute atomic E-state index is 0.779. The second kappa shape index (κ2) is 5.58. The van der Waals surface area contributed by atoms with Gasteiger partial charge in [-0.3, -0.25) is 4.90 Å². The molecule has 3 nitrogen and oxygen atoms in total. The number of nitrogens with zero attached hydrogens (tertiary/aromatic N) is 2. The summed E-state index contributed by atoms with van der Waals surface area (Å²) in [6.45, 7) is 4.49. The van der Waals surface area contributed by atoms with Gasteiger partial charge in [0.25, 0.3) is 0 Å². The Morgan fingerprint density at radius 3 is 2.85 bits per heavy atom. The molecule has 0 aromatic carbocycles. The van der Waals surface area contributed by atoms with Crippen LogP contribution >= 0.6 is 0 Å². The Morgan fingerprint density at radius 2 is 2.23 bits per heavy atom. The second-order valence-electron chi connectivity index (χ2n) is 4.24. The predicted molar refractivity (Wildman–Crippen MR) is 56.8 cm³/mol. The van der Waals surface area contributed by atoms with E-state index in [0.29, 0.717) is 0 Å². The van der Waals surface area contributed by atoms with E-state index in [1.165, 1.54) is 32.5 Å². The summed E-state index contributed by atoms with van der Waals surface area (Å²) in [6.07, 6.45) is 3.87. The van der Waals surface area contributed by atoms with Crippen LogP contribution in [0.3, 0.4) is 0 Å². The van der Waals surface area contributed by atoms with Crippen molar-refractivity contribution < 1.29 is 0 Å². The van der Waals surface area contributed by atoms with Crippen molar-refractivity contribution >= 4 is 0 Å². The number of likely N-dealkylation sites (N-methyl/N-ethyl adjacent to an activating group) is 1. The van der Waals surface area contributed by atoms with Crippen LogP contribution in [-0.2, 0) is 0 Å². The zero-order chi connectivity index (χ0) is 9.68. The van der Waals surface area contributed by atoms with Gasteiger partial charge in [0.05, 0.1) is 0 Å². The molecule has 0 radical (unpaired) electrons. The average Bonchev–Trinajstić information content (AvgIpc) is 2.48. The number of hydrogen-bond donors (Lipinski definition) is 1. The van der Waals surface area contributed by atoms with E-state index >= 15 is 0 Å². The van der Waals surface area contributed by atoms with Crippen LogP contribution in [-0.4, -0.2) is 56.1 Å². The smallest absolute Gasteiger partial charge is 0.0223 e. The molecule has 1 saturated heterocycles. The summed E-state index contributed by atoms with van der Waals surface area (Å²) in [4.78, 5) is 4.87. The molecule has 1 aliphatic heterocycles. The molecule has 1 aliphatic rings. The number of rotatable bonds is 5. The Hall–Kier alpha value is -0.120. The molecule has 1 atom stereocenters. The standard InChI is InChI=1S/C10H23N3/c1-12(2)9-10-5-3-7-13(10)8-4-6-11/h10H,3-9,11H2,1-2H3. The fraction of sp³-hybridized carbons (Fsp3) is 1.00. The maximum Gasteiger partial charge on any atom is 0.0223 e. The van der Waals surface area contributed by atoms with Crippen molar-refractivity contribution in [3.63, 3.8) is 0 Å². The molecule has 1 fully saturated rings. The van der Waals surface area contributed by atoms with Gasteiger partial charge in [-0.05, 0) is 53.0 Å². The third-order valence-electron chi connectivity index (χ3n) is 2.72. The van der Waals surface area contributed by atoms with Crippen molar-refractivity contribution in [1.82, 2.24) is 9.80 Å². The van der Waals surface area contributed by atoms with Gasteiger partial charge in [-0.15, -0.1) is 0 Å². The molecule has 3 heteroatoms. The number of nitrogens with two attached hydrogens (primary N) is 1. The van der Waals surface area contributed by atoms with Gasteiger partial charge in [-0.25, -0.2) is 0 Å². The SMILES string of the molecule is CN(C)CC1CCCN1CCCN. The first kappa shape index (κ1) is 11.0. The zero-order valence-corrected chi connectivity index (χ0v) is 9.00. The second-order valence-corrected chi connectivity index (χ2v) is 4.24. The summed E-state index contributed by atoms with van der Waals surface area (Å²) in [7, 11) is 4.30.